The van der Waals surface area contributed by atoms with Gasteiger partial charge in [0.25, 0.3) is 5.69 Å². The van der Waals surface area contributed by atoms with Crippen LogP contribution in [0.5, 0.6) is 11.5 Å². The topological polar surface area (TPSA) is 76.2 Å². The van der Waals surface area contributed by atoms with Crippen LogP contribution in [0.1, 0.15) is 5.56 Å². The van der Waals surface area contributed by atoms with Crippen molar-refractivity contribution in [1.29, 1.82) is 5.26 Å². The summed E-state index contributed by atoms with van der Waals surface area (Å²) < 4.78 is 7.23. The molecule has 0 spiro atoms. The van der Waals surface area contributed by atoms with Crippen molar-refractivity contribution < 1.29 is 9.66 Å². The molecule has 0 aliphatic rings. The first-order valence-electron chi connectivity index (χ1n) is 5.43. The summed E-state index contributed by atoms with van der Waals surface area (Å²) in [6.45, 7) is 0. The Morgan fingerprint density at radius 1 is 1.10 bits per heavy atom. The summed E-state index contributed by atoms with van der Waals surface area (Å²) in [5.74, 6) is 0.898. The van der Waals surface area contributed by atoms with Gasteiger partial charge < -0.3 is 4.74 Å². The lowest BCUT2D eigenvalue weighted by atomic mass is 10.2. The number of halogens is 3. The summed E-state index contributed by atoms with van der Waals surface area (Å²) in [6.07, 6.45) is 0. The minimum absolute atomic E-state index is 0.0556. The quantitative estimate of drug-likeness (QED) is 0.430. The molecular formula is C13H5Br3N2O3. The number of hydrogen-bond acceptors (Lipinski definition) is 4. The first kappa shape index (κ1) is 15.9. The van der Waals surface area contributed by atoms with Gasteiger partial charge in [0.05, 0.1) is 30.0 Å². The standard InChI is InChI=1S/C13H5Br3N2O3/c14-9-3-7(6-17)1-2-12(9)21-13-10(15)4-8(18(19)20)5-11(13)16/h1-5H. The van der Waals surface area contributed by atoms with Gasteiger partial charge in [0.1, 0.15) is 5.75 Å². The third-order valence-electron chi connectivity index (χ3n) is 2.47. The van der Waals surface area contributed by atoms with Crippen molar-refractivity contribution in [3.63, 3.8) is 0 Å². The van der Waals surface area contributed by atoms with Crippen molar-refractivity contribution in [2.75, 3.05) is 0 Å². The summed E-state index contributed by atoms with van der Waals surface area (Å²) in [6, 6.07) is 9.63. The normalized spacial score (nSPS) is 10.0. The zero-order chi connectivity index (χ0) is 15.6. The van der Waals surface area contributed by atoms with Crippen molar-refractivity contribution in [2.24, 2.45) is 0 Å². The van der Waals surface area contributed by atoms with Gasteiger partial charge in [-0.3, -0.25) is 10.1 Å². The van der Waals surface area contributed by atoms with E-state index in [9.17, 15) is 10.1 Å². The number of ether oxygens (including phenoxy) is 1. The molecule has 2 rings (SSSR count). The third kappa shape index (κ3) is 3.61. The minimum Gasteiger partial charge on any atom is -0.454 e. The summed E-state index contributed by atoms with van der Waals surface area (Å²) in [4.78, 5) is 10.3. The Hall–Kier alpha value is -1.43. The average Bonchev–Trinajstić information content (AvgIpc) is 2.43. The van der Waals surface area contributed by atoms with Crippen LogP contribution in [0.2, 0.25) is 0 Å². The van der Waals surface area contributed by atoms with Gasteiger partial charge in [-0.05, 0) is 66.0 Å². The maximum atomic E-state index is 10.8. The fraction of sp³-hybridized carbons (Fsp3) is 0. The van der Waals surface area contributed by atoms with E-state index in [1.165, 1.54) is 12.1 Å². The number of nitro groups is 1. The highest BCUT2D eigenvalue weighted by Gasteiger charge is 2.16. The van der Waals surface area contributed by atoms with Crippen molar-refractivity contribution in [3.05, 3.63) is 59.4 Å². The fourth-order valence-corrected chi connectivity index (χ4v) is 3.30. The molecule has 0 unspecified atom stereocenters. The number of benzene rings is 2. The van der Waals surface area contributed by atoms with Gasteiger partial charge in [0.2, 0.25) is 0 Å². The lowest BCUT2D eigenvalue weighted by Gasteiger charge is -2.11. The molecule has 0 fully saturated rings. The van der Waals surface area contributed by atoms with Gasteiger partial charge in [-0.15, -0.1) is 0 Å². The molecule has 0 aromatic heterocycles. The fourth-order valence-electron chi connectivity index (χ4n) is 1.51. The number of non-ortho nitro benzene ring substituents is 1. The van der Waals surface area contributed by atoms with Crippen LogP contribution < -0.4 is 4.74 Å². The van der Waals surface area contributed by atoms with E-state index in [2.05, 4.69) is 47.8 Å². The van der Waals surface area contributed by atoms with Gasteiger partial charge in [-0.1, -0.05) is 0 Å². The Bertz CT molecular complexity index is 749. The van der Waals surface area contributed by atoms with Gasteiger partial charge in [-0.2, -0.15) is 5.26 Å². The van der Waals surface area contributed by atoms with E-state index in [1.54, 1.807) is 18.2 Å². The molecule has 0 radical (unpaired) electrons. The van der Waals surface area contributed by atoms with Crippen LogP contribution >= 0.6 is 47.8 Å². The lowest BCUT2D eigenvalue weighted by Crippen LogP contribution is -1.92. The summed E-state index contributed by atoms with van der Waals surface area (Å²) in [5.41, 5.74) is 0.441. The van der Waals surface area contributed by atoms with Gasteiger partial charge in [-0.25, -0.2) is 0 Å². The minimum atomic E-state index is -0.489. The molecule has 0 aliphatic heterocycles. The van der Waals surface area contributed by atoms with Crippen LogP contribution in [0, 0.1) is 21.4 Å². The largest absolute Gasteiger partial charge is 0.454 e. The second-order valence-electron chi connectivity index (χ2n) is 3.85. The van der Waals surface area contributed by atoms with Crippen LogP contribution in [0.3, 0.4) is 0 Å². The molecule has 5 nitrogen and oxygen atoms in total. The molecule has 0 aliphatic carbocycles. The first-order valence-corrected chi connectivity index (χ1v) is 7.81. The second kappa shape index (κ2) is 6.56. The Morgan fingerprint density at radius 3 is 2.19 bits per heavy atom. The lowest BCUT2D eigenvalue weighted by molar-refractivity contribution is -0.385. The first-order chi connectivity index (χ1) is 9.92. The zero-order valence-electron chi connectivity index (χ0n) is 10.1. The Kier molecular flexibility index (Phi) is 4.98. The van der Waals surface area contributed by atoms with Crippen molar-refractivity contribution >= 4 is 53.5 Å². The summed E-state index contributed by atoms with van der Waals surface area (Å²) in [5, 5.41) is 19.6. The van der Waals surface area contributed by atoms with E-state index in [1.807, 2.05) is 6.07 Å². The van der Waals surface area contributed by atoms with Crippen LogP contribution in [-0.2, 0) is 0 Å². The number of nitrogens with zero attached hydrogens (tertiary/aromatic N) is 2. The molecule has 0 saturated carbocycles. The van der Waals surface area contributed by atoms with E-state index >= 15 is 0 Å². The second-order valence-corrected chi connectivity index (χ2v) is 6.42. The number of rotatable bonds is 3. The Morgan fingerprint density at radius 2 is 1.71 bits per heavy atom. The van der Waals surface area contributed by atoms with E-state index in [4.69, 9.17) is 10.00 Å². The molecule has 0 atom stereocenters. The molecule has 0 heterocycles. The monoisotopic (exact) mass is 474 g/mol. The maximum absolute atomic E-state index is 10.8. The van der Waals surface area contributed by atoms with E-state index in [0.717, 1.165) is 0 Å². The number of nitro benzene ring substituents is 1. The number of nitriles is 1. The molecule has 0 amide bonds. The molecular weight excluding hydrogens is 472 g/mol. The van der Waals surface area contributed by atoms with Crippen LogP contribution in [-0.4, -0.2) is 4.92 Å². The smallest absolute Gasteiger partial charge is 0.271 e. The molecule has 8 heteroatoms. The SMILES string of the molecule is N#Cc1ccc(Oc2c(Br)cc([N+](=O)[O-])cc2Br)c(Br)c1. The van der Waals surface area contributed by atoms with E-state index in [0.29, 0.717) is 30.5 Å². The van der Waals surface area contributed by atoms with E-state index < -0.39 is 4.92 Å². The summed E-state index contributed by atoms with van der Waals surface area (Å²) in [7, 11) is 0. The molecule has 106 valence electrons. The van der Waals surface area contributed by atoms with Crippen LogP contribution in [0.25, 0.3) is 0 Å². The summed E-state index contributed by atoms with van der Waals surface area (Å²) >= 11 is 9.82. The third-order valence-corrected chi connectivity index (χ3v) is 4.26. The zero-order valence-corrected chi connectivity index (χ0v) is 14.9. The Labute approximate surface area is 145 Å². The van der Waals surface area contributed by atoms with E-state index in [-0.39, 0.29) is 5.69 Å². The van der Waals surface area contributed by atoms with Gasteiger partial charge >= 0.3 is 0 Å². The highest BCUT2D eigenvalue weighted by molar-refractivity contribution is 9.11. The van der Waals surface area contributed by atoms with Crippen LogP contribution in [0.15, 0.2) is 43.7 Å². The highest BCUT2D eigenvalue weighted by atomic mass is 79.9. The average molecular weight is 477 g/mol. The van der Waals surface area contributed by atoms with Crippen molar-refractivity contribution in [2.45, 2.75) is 0 Å². The van der Waals surface area contributed by atoms with Crippen molar-refractivity contribution in [1.82, 2.24) is 0 Å². The number of hydrogen-bond donors (Lipinski definition) is 0. The maximum Gasteiger partial charge on any atom is 0.271 e. The molecule has 2 aromatic rings. The molecule has 2 aromatic carbocycles. The van der Waals surface area contributed by atoms with Gasteiger partial charge in [0, 0.05) is 12.1 Å². The predicted molar refractivity (Wildman–Crippen MR) is 87.4 cm³/mol. The van der Waals surface area contributed by atoms with Crippen molar-refractivity contribution in [3.8, 4) is 17.6 Å². The molecule has 0 saturated heterocycles. The molecule has 21 heavy (non-hydrogen) atoms. The predicted octanol–water partition coefficient (Wildman–Crippen LogP) is 5.55. The van der Waals surface area contributed by atoms with Crippen LogP contribution in [0.4, 0.5) is 5.69 Å². The highest BCUT2D eigenvalue weighted by Crippen LogP contribution is 2.41. The molecule has 0 bridgehead atoms. The van der Waals surface area contributed by atoms with Gasteiger partial charge in [0.15, 0.2) is 5.75 Å². The Balaban J connectivity index is 2.41. The molecule has 0 N–H and O–H groups in total.